The van der Waals surface area contributed by atoms with Crippen molar-refractivity contribution >= 4 is 29.2 Å². The minimum absolute atomic E-state index is 0.0129. The molecule has 0 aliphatic carbocycles. The number of carboxylic acid groups (broad SMARTS) is 1. The van der Waals surface area contributed by atoms with Crippen LogP contribution in [-0.4, -0.2) is 30.1 Å². The summed E-state index contributed by atoms with van der Waals surface area (Å²) in [6.45, 7) is 1.33. The number of methoxy groups -OCH3 is 1. The fourth-order valence-electron chi connectivity index (χ4n) is 1.59. The van der Waals surface area contributed by atoms with Gasteiger partial charge in [0.1, 0.15) is 11.8 Å². The van der Waals surface area contributed by atoms with Gasteiger partial charge in [0.2, 0.25) is 5.91 Å². The van der Waals surface area contributed by atoms with Crippen LogP contribution in [-0.2, 0) is 16.0 Å². The van der Waals surface area contributed by atoms with Crippen molar-refractivity contribution < 1.29 is 19.4 Å². The average molecular weight is 287 g/mol. The highest BCUT2D eigenvalue weighted by molar-refractivity contribution is 6.32. The molecule has 0 bridgehead atoms. The molecule has 19 heavy (non-hydrogen) atoms. The van der Waals surface area contributed by atoms with Crippen LogP contribution >= 0.6 is 11.6 Å². The van der Waals surface area contributed by atoms with E-state index in [1.54, 1.807) is 12.1 Å². The van der Waals surface area contributed by atoms with Gasteiger partial charge < -0.3 is 20.9 Å². The molecule has 0 radical (unpaired) electrons. The van der Waals surface area contributed by atoms with Gasteiger partial charge in [0.05, 0.1) is 12.8 Å². The van der Waals surface area contributed by atoms with E-state index in [1.165, 1.54) is 14.0 Å². The van der Waals surface area contributed by atoms with E-state index in [4.69, 9.17) is 27.2 Å². The van der Waals surface area contributed by atoms with Crippen LogP contribution in [0.15, 0.2) is 12.1 Å². The first kappa shape index (κ1) is 15.3. The smallest absolute Gasteiger partial charge is 0.320 e. The molecule has 0 saturated heterocycles. The fourth-order valence-corrected chi connectivity index (χ4v) is 1.83. The molecule has 0 heterocycles. The Labute approximate surface area is 115 Å². The van der Waals surface area contributed by atoms with Crippen LogP contribution in [0, 0.1) is 0 Å². The second kappa shape index (κ2) is 6.40. The highest BCUT2D eigenvalue weighted by Gasteiger charge is 2.20. The first-order valence-corrected chi connectivity index (χ1v) is 5.86. The number of nitrogens with one attached hydrogen (secondary N) is 1. The van der Waals surface area contributed by atoms with Crippen molar-refractivity contribution in [3.05, 3.63) is 22.7 Å². The monoisotopic (exact) mass is 286 g/mol. The van der Waals surface area contributed by atoms with Crippen molar-refractivity contribution in [2.24, 2.45) is 5.73 Å². The third-order valence-corrected chi connectivity index (χ3v) is 2.83. The third-order valence-electron chi connectivity index (χ3n) is 2.48. The normalized spacial score (nSPS) is 11.8. The number of halogens is 1. The molecule has 0 spiro atoms. The lowest BCUT2D eigenvalue weighted by Crippen LogP contribution is -2.32. The Hall–Kier alpha value is -1.79. The van der Waals surface area contributed by atoms with Gasteiger partial charge in [0, 0.05) is 23.9 Å². The summed E-state index contributed by atoms with van der Waals surface area (Å²) in [4.78, 5) is 22.0. The van der Waals surface area contributed by atoms with Crippen molar-refractivity contribution in [1.82, 2.24) is 0 Å². The number of amides is 1. The van der Waals surface area contributed by atoms with E-state index < -0.39 is 12.0 Å². The number of carbonyl (C=O) groups excluding carboxylic acids is 1. The molecule has 1 aromatic carbocycles. The number of hydrogen-bond acceptors (Lipinski definition) is 4. The van der Waals surface area contributed by atoms with E-state index in [0.717, 1.165) is 0 Å². The molecule has 0 aliphatic heterocycles. The number of carbonyl (C=O) groups is 2. The molecule has 7 heteroatoms. The number of aliphatic carboxylic acids is 1. The zero-order valence-electron chi connectivity index (χ0n) is 10.6. The molecule has 104 valence electrons. The maximum absolute atomic E-state index is 11.2. The van der Waals surface area contributed by atoms with Gasteiger partial charge >= 0.3 is 5.97 Å². The number of nitrogens with two attached hydrogens (primary N) is 1. The highest BCUT2D eigenvalue weighted by Crippen LogP contribution is 2.34. The lowest BCUT2D eigenvalue weighted by atomic mass is 10.0. The minimum atomic E-state index is -1.15. The van der Waals surface area contributed by atoms with E-state index in [9.17, 15) is 9.59 Å². The lowest BCUT2D eigenvalue weighted by molar-refractivity contribution is -0.138. The number of benzene rings is 1. The maximum atomic E-state index is 11.2. The summed E-state index contributed by atoms with van der Waals surface area (Å²) >= 11 is 6.04. The van der Waals surface area contributed by atoms with Crippen LogP contribution in [0.1, 0.15) is 12.5 Å². The van der Waals surface area contributed by atoms with Crippen molar-refractivity contribution in [2.75, 3.05) is 12.4 Å². The topological polar surface area (TPSA) is 102 Å². The number of anilines is 1. The van der Waals surface area contributed by atoms with Crippen LogP contribution in [0.25, 0.3) is 0 Å². The summed E-state index contributed by atoms with van der Waals surface area (Å²) in [5, 5.41) is 11.7. The zero-order chi connectivity index (χ0) is 14.6. The Kier molecular flexibility index (Phi) is 5.14. The average Bonchev–Trinajstić information content (AvgIpc) is 2.33. The number of hydrogen-bond donors (Lipinski definition) is 3. The zero-order valence-corrected chi connectivity index (χ0v) is 11.3. The van der Waals surface area contributed by atoms with Crippen LogP contribution in [0.2, 0.25) is 5.02 Å². The maximum Gasteiger partial charge on any atom is 0.320 e. The molecule has 0 aliphatic rings. The second-order valence-electron chi connectivity index (χ2n) is 3.93. The van der Waals surface area contributed by atoms with Crippen molar-refractivity contribution in [3.8, 4) is 5.75 Å². The van der Waals surface area contributed by atoms with Crippen LogP contribution in [0.4, 0.5) is 5.69 Å². The summed E-state index contributed by atoms with van der Waals surface area (Å²) in [7, 11) is 1.44. The fraction of sp³-hybridized carbons (Fsp3) is 0.333. The van der Waals surface area contributed by atoms with E-state index >= 15 is 0 Å². The van der Waals surface area contributed by atoms with Crippen molar-refractivity contribution in [2.45, 2.75) is 19.4 Å². The molecule has 4 N–H and O–H groups in total. The van der Waals surface area contributed by atoms with Gasteiger partial charge in [-0.25, -0.2) is 0 Å². The van der Waals surface area contributed by atoms with Gasteiger partial charge in [0.25, 0.3) is 0 Å². The Morgan fingerprint density at radius 1 is 1.53 bits per heavy atom. The van der Waals surface area contributed by atoms with Crippen molar-refractivity contribution in [1.29, 1.82) is 0 Å². The molecule has 0 saturated carbocycles. The van der Waals surface area contributed by atoms with Gasteiger partial charge in [-0.05, 0) is 12.1 Å². The van der Waals surface area contributed by atoms with Gasteiger partial charge in [-0.15, -0.1) is 0 Å². The molecule has 1 rings (SSSR count). The summed E-state index contributed by atoms with van der Waals surface area (Å²) < 4.78 is 5.12. The Balaban J connectivity index is 3.25. The number of carboxylic acids is 1. The number of ether oxygens (including phenoxy) is 1. The highest BCUT2D eigenvalue weighted by atomic mass is 35.5. The summed E-state index contributed by atoms with van der Waals surface area (Å²) in [5.41, 5.74) is 6.28. The Bertz CT molecular complexity index is 505. The molecule has 1 amide bonds. The van der Waals surface area contributed by atoms with E-state index in [2.05, 4.69) is 5.32 Å². The molecular formula is C12H15ClN2O4. The summed E-state index contributed by atoms with van der Waals surface area (Å²) in [5.74, 6) is -1.06. The van der Waals surface area contributed by atoms with Gasteiger partial charge in [-0.3, -0.25) is 9.59 Å². The van der Waals surface area contributed by atoms with E-state index in [1.807, 2.05) is 0 Å². The van der Waals surface area contributed by atoms with Crippen LogP contribution in [0.3, 0.4) is 0 Å². The minimum Gasteiger partial charge on any atom is -0.495 e. The summed E-state index contributed by atoms with van der Waals surface area (Å²) in [6.07, 6.45) is -0.0129. The van der Waals surface area contributed by atoms with E-state index in [-0.39, 0.29) is 12.3 Å². The molecule has 0 fully saturated rings. The van der Waals surface area contributed by atoms with Gasteiger partial charge in [0.15, 0.2) is 0 Å². The van der Waals surface area contributed by atoms with Gasteiger partial charge in [-0.1, -0.05) is 11.6 Å². The predicted molar refractivity (Wildman–Crippen MR) is 71.6 cm³/mol. The lowest BCUT2D eigenvalue weighted by Gasteiger charge is -2.17. The van der Waals surface area contributed by atoms with E-state index in [0.29, 0.717) is 22.0 Å². The number of rotatable bonds is 5. The standard InChI is InChI=1S/C12H15ClN2O4/c1-6(16)15-11-7(5-9(14)12(17)18)8(13)3-4-10(11)19-2/h3-4,9H,5,14H2,1-2H3,(H,15,16)(H,17,18). The molecular weight excluding hydrogens is 272 g/mol. The largest absolute Gasteiger partial charge is 0.495 e. The van der Waals surface area contributed by atoms with Gasteiger partial charge in [-0.2, -0.15) is 0 Å². The first-order valence-electron chi connectivity index (χ1n) is 5.48. The molecule has 1 atom stereocenters. The molecule has 0 aromatic heterocycles. The van der Waals surface area contributed by atoms with Crippen LogP contribution < -0.4 is 15.8 Å². The van der Waals surface area contributed by atoms with Crippen molar-refractivity contribution in [3.63, 3.8) is 0 Å². The first-order chi connectivity index (χ1) is 8.86. The molecule has 6 nitrogen and oxygen atoms in total. The summed E-state index contributed by atoms with van der Waals surface area (Å²) in [6, 6.07) is 2.04. The predicted octanol–water partition coefficient (Wildman–Crippen LogP) is 1.26. The SMILES string of the molecule is COc1ccc(Cl)c(CC(N)C(=O)O)c1NC(C)=O. The molecule has 1 aromatic rings. The molecule has 1 unspecified atom stereocenters. The third kappa shape index (κ3) is 3.84. The Morgan fingerprint density at radius 2 is 2.16 bits per heavy atom. The quantitative estimate of drug-likeness (QED) is 0.756. The second-order valence-corrected chi connectivity index (χ2v) is 4.34. The Morgan fingerprint density at radius 3 is 2.63 bits per heavy atom. The van der Waals surface area contributed by atoms with Crippen LogP contribution in [0.5, 0.6) is 5.75 Å².